The molecule has 1 nitrogen and oxygen atoms in total. The fraction of sp³-hybridized carbons (Fsp3) is 0.231. The Bertz CT molecular complexity index is 519. The molecule has 16 heavy (non-hydrogen) atoms. The highest BCUT2D eigenvalue weighted by Crippen LogP contribution is 2.39. The zero-order chi connectivity index (χ0) is 11.2. The lowest BCUT2D eigenvalue weighted by Crippen LogP contribution is -1.77. The van der Waals surface area contributed by atoms with Crippen molar-refractivity contribution in [2.45, 2.75) is 13.0 Å². The first-order chi connectivity index (χ1) is 7.88. The number of allylic oxidation sites excluding steroid dienone is 4. The predicted molar refractivity (Wildman–Crippen MR) is 70.1 cm³/mol. The zero-order valence-corrected chi connectivity index (χ0v) is 10.3. The standard InChI is InChI=1S/C13H8OS2/c1-2-5-12-8-9-13(16-15-12)7-4-3-6-11-10-14-11/h8-9,11H,10H2,1H3. The molecule has 0 saturated carbocycles. The summed E-state index contributed by atoms with van der Waals surface area (Å²) in [7, 11) is 3.25. The lowest BCUT2D eigenvalue weighted by molar-refractivity contribution is 0.445. The average molecular weight is 244 g/mol. The van der Waals surface area contributed by atoms with Gasteiger partial charge in [-0.15, -0.1) is 5.92 Å². The Morgan fingerprint density at radius 1 is 1.19 bits per heavy atom. The highest BCUT2D eigenvalue weighted by atomic mass is 33.1. The maximum atomic E-state index is 4.95. The molecule has 2 heterocycles. The summed E-state index contributed by atoms with van der Waals surface area (Å²) in [5.41, 5.74) is 0. The third-order valence-electron chi connectivity index (χ3n) is 1.67. The van der Waals surface area contributed by atoms with Crippen molar-refractivity contribution in [1.82, 2.24) is 0 Å². The van der Waals surface area contributed by atoms with E-state index in [9.17, 15) is 0 Å². The van der Waals surface area contributed by atoms with Crippen molar-refractivity contribution in [2.75, 3.05) is 6.61 Å². The van der Waals surface area contributed by atoms with Crippen LogP contribution in [0.15, 0.2) is 22.0 Å². The molecule has 3 heteroatoms. The molecule has 1 fully saturated rings. The van der Waals surface area contributed by atoms with Crippen LogP contribution < -0.4 is 0 Å². The Hall–Kier alpha value is -1.18. The molecule has 0 spiro atoms. The van der Waals surface area contributed by atoms with Crippen LogP contribution in [-0.2, 0) is 4.74 Å². The minimum absolute atomic E-state index is 0.128. The molecule has 0 aromatic rings. The van der Waals surface area contributed by atoms with Crippen molar-refractivity contribution in [1.29, 1.82) is 0 Å². The van der Waals surface area contributed by atoms with Crippen LogP contribution in [-0.4, -0.2) is 12.7 Å². The maximum absolute atomic E-state index is 4.95. The summed E-state index contributed by atoms with van der Waals surface area (Å²) < 4.78 is 4.95. The van der Waals surface area contributed by atoms with E-state index in [1.165, 1.54) is 0 Å². The second-order valence-electron chi connectivity index (χ2n) is 2.94. The molecular formula is C13H8OS2. The van der Waals surface area contributed by atoms with Gasteiger partial charge in [0.25, 0.3) is 0 Å². The second-order valence-corrected chi connectivity index (χ2v) is 5.16. The van der Waals surface area contributed by atoms with Crippen LogP contribution >= 0.6 is 21.6 Å². The van der Waals surface area contributed by atoms with Crippen molar-refractivity contribution in [2.24, 2.45) is 0 Å². The van der Waals surface area contributed by atoms with Gasteiger partial charge in [-0.25, -0.2) is 0 Å². The second kappa shape index (κ2) is 5.78. The Morgan fingerprint density at radius 2 is 1.88 bits per heavy atom. The third-order valence-corrected chi connectivity index (χ3v) is 3.92. The summed E-state index contributed by atoms with van der Waals surface area (Å²) in [6.07, 6.45) is 4.09. The van der Waals surface area contributed by atoms with Crippen LogP contribution in [0.5, 0.6) is 0 Å². The predicted octanol–water partition coefficient (Wildman–Crippen LogP) is 2.58. The molecule has 0 N–H and O–H groups in total. The summed E-state index contributed by atoms with van der Waals surface area (Å²) in [4.78, 5) is 2.08. The maximum Gasteiger partial charge on any atom is 0.142 e. The molecule has 0 bridgehead atoms. The fourth-order valence-electron chi connectivity index (χ4n) is 0.886. The van der Waals surface area contributed by atoms with Gasteiger partial charge >= 0.3 is 0 Å². The first kappa shape index (κ1) is 11.3. The van der Waals surface area contributed by atoms with Gasteiger partial charge in [-0.1, -0.05) is 11.8 Å². The molecule has 0 aromatic carbocycles. The molecule has 2 aliphatic heterocycles. The zero-order valence-electron chi connectivity index (χ0n) is 8.66. The van der Waals surface area contributed by atoms with Crippen molar-refractivity contribution < 1.29 is 4.74 Å². The number of epoxide rings is 1. The first-order valence-electron chi connectivity index (χ1n) is 4.71. The Labute approximate surface area is 103 Å². The quantitative estimate of drug-likeness (QED) is 0.369. The van der Waals surface area contributed by atoms with Crippen LogP contribution in [0.4, 0.5) is 0 Å². The highest BCUT2D eigenvalue weighted by Gasteiger charge is 2.18. The first-order valence-corrected chi connectivity index (χ1v) is 6.86. The Balaban J connectivity index is 1.95. The lowest BCUT2D eigenvalue weighted by Gasteiger charge is -2.03. The molecular weight excluding hydrogens is 236 g/mol. The van der Waals surface area contributed by atoms with E-state index in [2.05, 4.69) is 35.5 Å². The van der Waals surface area contributed by atoms with Gasteiger partial charge in [0.05, 0.1) is 16.4 Å². The summed E-state index contributed by atoms with van der Waals surface area (Å²) >= 11 is 0. The molecule has 0 aromatic heterocycles. The van der Waals surface area contributed by atoms with E-state index < -0.39 is 0 Å². The normalized spacial score (nSPS) is 20.9. The summed E-state index contributed by atoms with van der Waals surface area (Å²) in [5, 5.41) is 0. The van der Waals surface area contributed by atoms with Crippen LogP contribution in [0.2, 0.25) is 0 Å². The number of hydrogen-bond acceptors (Lipinski definition) is 3. The van der Waals surface area contributed by atoms with Crippen LogP contribution in [0.3, 0.4) is 0 Å². The van der Waals surface area contributed by atoms with Crippen molar-refractivity contribution in [3.05, 3.63) is 22.0 Å². The van der Waals surface area contributed by atoms with Gasteiger partial charge in [-0.3, -0.25) is 0 Å². The number of rotatable bonds is 0. The van der Waals surface area contributed by atoms with Gasteiger partial charge in [-0.2, -0.15) is 0 Å². The van der Waals surface area contributed by atoms with E-state index in [1.54, 1.807) is 21.6 Å². The molecule has 0 aliphatic carbocycles. The average Bonchev–Trinajstić information content (AvgIpc) is 3.11. The van der Waals surface area contributed by atoms with Gasteiger partial charge in [0.15, 0.2) is 0 Å². The van der Waals surface area contributed by atoms with Crippen LogP contribution in [0.25, 0.3) is 0 Å². The van der Waals surface area contributed by atoms with Crippen LogP contribution in [0, 0.1) is 35.5 Å². The summed E-state index contributed by atoms with van der Waals surface area (Å²) in [5.74, 6) is 17.4. The van der Waals surface area contributed by atoms with Gasteiger partial charge in [0.2, 0.25) is 0 Å². The highest BCUT2D eigenvalue weighted by molar-refractivity contribution is 8.79. The smallest absolute Gasteiger partial charge is 0.142 e. The van der Waals surface area contributed by atoms with E-state index in [1.807, 2.05) is 19.1 Å². The SMILES string of the molecule is CC#CC1=CC=C(C#CC#CC2CO2)SS1. The van der Waals surface area contributed by atoms with E-state index in [0.29, 0.717) is 0 Å². The topological polar surface area (TPSA) is 12.5 Å². The molecule has 0 amide bonds. The monoisotopic (exact) mass is 244 g/mol. The molecule has 78 valence electrons. The summed E-state index contributed by atoms with van der Waals surface area (Å²) in [6.45, 7) is 2.59. The van der Waals surface area contributed by atoms with Gasteiger partial charge < -0.3 is 4.74 Å². The largest absolute Gasteiger partial charge is 0.359 e. The van der Waals surface area contributed by atoms with Crippen LogP contribution in [0.1, 0.15) is 6.92 Å². The van der Waals surface area contributed by atoms with Crippen molar-refractivity contribution >= 4 is 21.6 Å². The third kappa shape index (κ3) is 3.76. The number of ether oxygens (including phenoxy) is 1. The van der Waals surface area contributed by atoms with E-state index in [4.69, 9.17) is 4.74 Å². The van der Waals surface area contributed by atoms with Gasteiger partial charge in [-0.05, 0) is 58.4 Å². The molecule has 1 unspecified atom stereocenters. The summed E-state index contributed by atoms with van der Waals surface area (Å²) in [6, 6.07) is 0. The van der Waals surface area contributed by atoms with Gasteiger partial charge in [0.1, 0.15) is 6.10 Å². The molecule has 2 rings (SSSR count). The van der Waals surface area contributed by atoms with Crippen molar-refractivity contribution in [3.63, 3.8) is 0 Å². The molecule has 1 saturated heterocycles. The van der Waals surface area contributed by atoms with E-state index >= 15 is 0 Å². The van der Waals surface area contributed by atoms with Gasteiger partial charge in [0, 0.05) is 0 Å². The van der Waals surface area contributed by atoms with E-state index in [0.717, 1.165) is 16.4 Å². The van der Waals surface area contributed by atoms with E-state index in [-0.39, 0.29) is 6.10 Å². The Morgan fingerprint density at radius 3 is 2.44 bits per heavy atom. The Kier molecular flexibility index (Phi) is 4.09. The van der Waals surface area contributed by atoms with Crippen molar-refractivity contribution in [3.8, 4) is 35.5 Å². The molecule has 1 atom stereocenters. The molecule has 2 aliphatic rings. The lowest BCUT2D eigenvalue weighted by atomic mass is 10.4. The minimum atomic E-state index is 0.128. The minimum Gasteiger partial charge on any atom is -0.359 e. The molecule has 0 radical (unpaired) electrons. The fourth-order valence-corrected chi connectivity index (χ4v) is 2.67. The number of hydrogen-bond donors (Lipinski definition) is 0.